The van der Waals surface area contributed by atoms with E-state index in [0.29, 0.717) is 0 Å². The number of nitrogens with two attached hydrogens (primary N) is 1. The fourth-order valence-corrected chi connectivity index (χ4v) is 1.51. The second-order valence-corrected chi connectivity index (χ2v) is 5.51. The highest BCUT2D eigenvalue weighted by atomic mass is 35.5. The normalized spacial score (nSPS) is 11.4. The van der Waals surface area contributed by atoms with Crippen LogP contribution in [0.25, 0.3) is 0 Å². The molecule has 0 saturated carbocycles. The number of halogens is 4. The minimum Gasteiger partial charge on any atom is -0.484 e. The third-order valence-corrected chi connectivity index (χ3v) is 2.52. The van der Waals surface area contributed by atoms with Crippen molar-refractivity contribution in [3.63, 3.8) is 0 Å². The lowest BCUT2D eigenvalue weighted by Crippen LogP contribution is -2.45. The van der Waals surface area contributed by atoms with E-state index in [4.69, 9.17) is 5.73 Å². The maximum Gasteiger partial charge on any atom is 0.422 e. The standard InChI is InChI=1S/C13H16F3N3O4.ClH/c1-12(2,17)6-18-11(20)9-5-8(23-7-13(14,15)16)3-4-10(9)19(21)22;/h3-5H,6-7,17H2,1-2H3,(H,18,20);1H. The smallest absolute Gasteiger partial charge is 0.422 e. The predicted octanol–water partition coefficient (Wildman–Crippen LogP) is 2.42. The molecule has 7 nitrogen and oxygen atoms in total. The molecule has 0 radical (unpaired) electrons. The average Bonchev–Trinajstić information content (AvgIpc) is 2.40. The van der Waals surface area contributed by atoms with E-state index in [2.05, 4.69) is 10.1 Å². The molecule has 0 saturated heterocycles. The van der Waals surface area contributed by atoms with E-state index < -0.39 is 40.4 Å². The summed E-state index contributed by atoms with van der Waals surface area (Å²) in [6, 6.07) is 2.80. The molecular formula is C13H17ClF3N3O4. The number of nitro benzene ring substituents is 1. The van der Waals surface area contributed by atoms with Crippen molar-refractivity contribution < 1.29 is 27.6 Å². The maximum atomic E-state index is 12.1. The van der Waals surface area contributed by atoms with Gasteiger partial charge in [0.15, 0.2) is 6.61 Å². The SMILES string of the molecule is CC(C)(N)CNC(=O)c1cc(OCC(F)(F)F)ccc1[N+](=O)[O-].Cl. The van der Waals surface area contributed by atoms with Crippen LogP contribution in [0.2, 0.25) is 0 Å². The van der Waals surface area contributed by atoms with E-state index >= 15 is 0 Å². The summed E-state index contributed by atoms with van der Waals surface area (Å²) in [6.07, 6.45) is -4.56. The summed E-state index contributed by atoms with van der Waals surface area (Å²) >= 11 is 0. The number of rotatable bonds is 6. The van der Waals surface area contributed by atoms with E-state index in [1.165, 1.54) is 0 Å². The Morgan fingerprint density at radius 2 is 1.96 bits per heavy atom. The van der Waals surface area contributed by atoms with Gasteiger partial charge in [-0.15, -0.1) is 12.4 Å². The van der Waals surface area contributed by atoms with Crippen molar-refractivity contribution in [2.45, 2.75) is 25.6 Å². The molecule has 1 aromatic carbocycles. The van der Waals surface area contributed by atoms with E-state index in [1.54, 1.807) is 13.8 Å². The largest absolute Gasteiger partial charge is 0.484 e. The Hall–Kier alpha value is -2.07. The van der Waals surface area contributed by atoms with Crippen molar-refractivity contribution in [2.75, 3.05) is 13.2 Å². The molecule has 11 heteroatoms. The van der Waals surface area contributed by atoms with Crippen molar-refractivity contribution >= 4 is 24.0 Å². The maximum absolute atomic E-state index is 12.1. The van der Waals surface area contributed by atoms with Crippen molar-refractivity contribution in [1.82, 2.24) is 5.32 Å². The molecule has 0 aliphatic carbocycles. The van der Waals surface area contributed by atoms with Crippen LogP contribution in [-0.4, -0.2) is 35.7 Å². The summed E-state index contributed by atoms with van der Waals surface area (Å²) in [7, 11) is 0. The minimum absolute atomic E-state index is 0. The molecule has 1 rings (SSSR count). The number of amides is 1. The number of carbonyl (C=O) groups is 1. The highest BCUT2D eigenvalue weighted by molar-refractivity contribution is 5.98. The van der Waals surface area contributed by atoms with Gasteiger partial charge in [-0.3, -0.25) is 14.9 Å². The summed E-state index contributed by atoms with van der Waals surface area (Å²) in [5, 5.41) is 13.3. The van der Waals surface area contributed by atoms with Crippen LogP contribution in [-0.2, 0) is 0 Å². The Bertz CT molecular complexity index is 603. The van der Waals surface area contributed by atoms with Crippen molar-refractivity contribution in [3.8, 4) is 5.75 Å². The Morgan fingerprint density at radius 1 is 1.38 bits per heavy atom. The molecule has 0 spiro atoms. The zero-order valence-electron chi connectivity index (χ0n) is 12.8. The Balaban J connectivity index is 0.00000529. The predicted molar refractivity (Wildman–Crippen MR) is 82.5 cm³/mol. The highest BCUT2D eigenvalue weighted by Crippen LogP contribution is 2.25. The van der Waals surface area contributed by atoms with Crippen LogP contribution >= 0.6 is 12.4 Å². The van der Waals surface area contributed by atoms with E-state index in [1.807, 2.05) is 0 Å². The number of carbonyl (C=O) groups excluding carboxylic acids is 1. The molecule has 0 unspecified atom stereocenters. The molecule has 3 N–H and O–H groups in total. The molecule has 1 aromatic rings. The summed E-state index contributed by atoms with van der Waals surface area (Å²) < 4.78 is 40.9. The van der Waals surface area contributed by atoms with Crippen molar-refractivity contribution in [2.24, 2.45) is 5.73 Å². The third-order valence-electron chi connectivity index (χ3n) is 2.52. The molecule has 0 aliphatic heterocycles. The van der Waals surface area contributed by atoms with Gasteiger partial charge in [0.1, 0.15) is 11.3 Å². The number of hydrogen-bond acceptors (Lipinski definition) is 5. The molecular weight excluding hydrogens is 355 g/mol. The Morgan fingerprint density at radius 3 is 2.42 bits per heavy atom. The van der Waals surface area contributed by atoms with Crippen LogP contribution in [0.3, 0.4) is 0 Å². The molecule has 136 valence electrons. The van der Waals surface area contributed by atoms with Crippen molar-refractivity contribution in [1.29, 1.82) is 0 Å². The van der Waals surface area contributed by atoms with Gasteiger partial charge in [-0.25, -0.2) is 0 Å². The van der Waals surface area contributed by atoms with Crippen LogP contribution in [0.4, 0.5) is 18.9 Å². The third kappa shape index (κ3) is 7.47. The van der Waals surface area contributed by atoms with Gasteiger partial charge in [-0.2, -0.15) is 13.2 Å². The summed E-state index contributed by atoms with van der Waals surface area (Å²) in [5.74, 6) is -1.13. The first-order chi connectivity index (χ1) is 10.4. The molecule has 24 heavy (non-hydrogen) atoms. The van der Waals surface area contributed by atoms with Gasteiger partial charge in [0, 0.05) is 18.2 Å². The lowest BCUT2D eigenvalue weighted by Gasteiger charge is -2.19. The lowest BCUT2D eigenvalue weighted by atomic mass is 10.1. The Labute approximate surface area is 141 Å². The number of benzene rings is 1. The number of nitrogens with one attached hydrogen (secondary N) is 1. The second kappa shape index (κ2) is 8.15. The number of alkyl halides is 3. The molecule has 0 fully saturated rings. The summed E-state index contributed by atoms with van der Waals surface area (Å²) in [4.78, 5) is 22.1. The molecule has 0 bridgehead atoms. The summed E-state index contributed by atoms with van der Waals surface area (Å²) in [6.45, 7) is 1.72. The minimum atomic E-state index is -4.56. The summed E-state index contributed by atoms with van der Waals surface area (Å²) in [5.41, 5.74) is 3.98. The fraction of sp³-hybridized carbons (Fsp3) is 0.462. The topological polar surface area (TPSA) is 107 Å². The number of ether oxygens (including phenoxy) is 1. The first-order valence-electron chi connectivity index (χ1n) is 6.44. The number of hydrogen-bond donors (Lipinski definition) is 2. The van der Waals surface area contributed by atoms with E-state index in [9.17, 15) is 28.1 Å². The zero-order valence-corrected chi connectivity index (χ0v) is 13.7. The van der Waals surface area contributed by atoms with Crippen LogP contribution in [0.15, 0.2) is 18.2 Å². The first-order valence-corrected chi connectivity index (χ1v) is 6.44. The van der Waals surface area contributed by atoms with Gasteiger partial charge in [0.05, 0.1) is 4.92 Å². The first kappa shape index (κ1) is 21.9. The molecule has 0 aromatic heterocycles. The molecule has 0 heterocycles. The van der Waals surface area contributed by atoms with E-state index in [-0.39, 0.29) is 24.7 Å². The molecule has 0 aliphatic rings. The molecule has 1 amide bonds. The van der Waals surface area contributed by atoms with Gasteiger partial charge >= 0.3 is 6.18 Å². The van der Waals surface area contributed by atoms with Crippen LogP contribution in [0.1, 0.15) is 24.2 Å². The molecule has 0 atom stereocenters. The van der Waals surface area contributed by atoms with Gasteiger partial charge in [-0.05, 0) is 26.0 Å². The average molecular weight is 372 g/mol. The number of nitrogens with zero attached hydrogens (tertiary/aromatic N) is 1. The lowest BCUT2D eigenvalue weighted by molar-refractivity contribution is -0.385. The van der Waals surface area contributed by atoms with Crippen LogP contribution < -0.4 is 15.8 Å². The van der Waals surface area contributed by atoms with Gasteiger partial charge in [0.2, 0.25) is 0 Å². The second-order valence-electron chi connectivity index (χ2n) is 5.51. The Kier molecular flexibility index (Phi) is 7.45. The van der Waals surface area contributed by atoms with Gasteiger partial charge < -0.3 is 15.8 Å². The van der Waals surface area contributed by atoms with Crippen LogP contribution in [0, 0.1) is 10.1 Å². The quantitative estimate of drug-likeness (QED) is 0.590. The monoisotopic (exact) mass is 371 g/mol. The zero-order chi connectivity index (χ0) is 17.8. The number of nitro groups is 1. The fourth-order valence-electron chi connectivity index (χ4n) is 1.51. The van der Waals surface area contributed by atoms with Crippen molar-refractivity contribution in [3.05, 3.63) is 33.9 Å². The van der Waals surface area contributed by atoms with E-state index in [0.717, 1.165) is 18.2 Å². The van der Waals surface area contributed by atoms with Gasteiger partial charge in [-0.1, -0.05) is 0 Å². The highest BCUT2D eigenvalue weighted by Gasteiger charge is 2.29. The van der Waals surface area contributed by atoms with Crippen LogP contribution in [0.5, 0.6) is 5.75 Å². The van der Waals surface area contributed by atoms with Gasteiger partial charge in [0.25, 0.3) is 11.6 Å².